The molecule has 1 aromatic rings. The Bertz CT molecular complexity index is 374. The molecule has 0 bridgehead atoms. The third kappa shape index (κ3) is 4.48. The minimum atomic E-state index is 0.919. The van der Waals surface area contributed by atoms with E-state index in [0.717, 1.165) is 24.8 Å². The van der Waals surface area contributed by atoms with E-state index in [9.17, 15) is 0 Å². The molecular formula is C17H29N3. The summed E-state index contributed by atoms with van der Waals surface area (Å²) in [5.74, 6) is 2.08. The molecule has 2 heterocycles. The number of rotatable bonds is 6. The van der Waals surface area contributed by atoms with Crippen molar-refractivity contribution in [3.63, 3.8) is 0 Å². The van der Waals surface area contributed by atoms with Gasteiger partial charge >= 0.3 is 0 Å². The normalized spacial score (nSPS) is 19.9. The van der Waals surface area contributed by atoms with Crippen LogP contribution in [0.1, 0.15) is 51.5 Å². The third-order valence-corrected chi connectivity index (χ3v) is 4.26. The van der Waals surface area contributed by atoms with Crippen LogP contribution in [-0.2, 0) is 6.54 Å². The lowest BCUT2D eigenvalue weighted by Gasteiger charge is -2.22. The summed E-state index contributed by atoms with van der Waals surface area (Å²) in [6.45, 7) is 8.69. The lowest BCUT2D eigenvalue weighted by molar-refractivity contribution is 0.435. The van der Waals surface area contributed by atoms with Crippen LogP contribution in [0, 0.1) is 5.92 Å². The lowest BCUT2D eigenvalue weighted by Crippen LogP contribution is -2.25. The monoisotopic (exact) mass is 275 g/mol. The van der Waals surface area contributed by atoms with Gasteiger partial charge in [0.2, 0.25) is 0 Å². The fourth-order valence-corrected chi connectivity index (χ4v) is 3.07. The quantitative estimate of drug-likeness (QED) is 0.860. The van der Waals surface area contributed by atoms with Crippen LogP contribution < -0.4 is 10.2 Å². The van der Waals surface area contributed by atoms with Gasteiger partial charge in [0.15, 0.2) is 0 Å². The molecule has 0 radical (unpaired) electrons. The maximum Gasteiger partial charge on any atom is 0.128 e. The fourth-order valence-electron chi connectivity index (χ4n) is 3.07. The fraction of sp³-hybridized carbons (Fsp3) is 0.706. The maximum atomic E-state index is 4.65. The molecular weight excluding hydrogens is 246 g/mol. The highest BCUT2D eigenvalue weighted by atomic mass is 15.2. The first-order valence-corrected chi connectivity index (χ1v) is 8.24. The van der Waals surface area contributed by atoms with Crippen LogP contribution in [-0.4, -0.2) is 24.6 Å². The summed E-state index contributed by atoms with van der Waals surface area (Å²) in [7, 11) is 0. The molecule has 1 N–H and O–H groups in total. The molecule has 0 aliphatic carbocycles. The summed E-state index contributed by atoms with van der Waals surface area (Å²) >= 11 is 0. The molecule has 3 heteroatoms. The molecule has 1 atom stereocenters. The van der Waals surface area contributed by atoms with E-state index in [4.69, 9.17) is 0 Å². The summed E-state index contributed by atoms with van der Waals surface area (Å²) in [6.07, 6.45) is 8.76. The van der Waals surface area contributed by atoms with E-state index in [2.05, 4.69) is 41.2 Å². The molecule has 1 aliphatic rings. The van der Waals surface area contributed by atoms with Crippen LogP contribution in [0.5, 0.6) is 0 Å². The highest BCUT2D eigenvalue weighted by Crippen LogP contribution is 2.24. The molecule has 3 nitrogen and oxygen atoms in total. The van der Waals surface area contributed by atoms with E-state index in [1.54, 1.807) is 0 Å². The summed E-state index contributed by atoms with van der Waals surface area (Å²) < 4.78 is 0. The predicted molar refractivity (Wildman–Crippen MR) is 86.1 cm³/mol. The Morgan fingerprint density at radius 3 is 2.85 bits per heavy atom. The second kappa shape index (κ2) is 8.25. The molecule has 1 fully saturated rings. The van der Waals surface area contributed by atoms with E-state index in [0.29, 0.717) is 0 Å². The van der Waals surface area contributed by atoms with Gasteiger partial charge in [0.25, 0.3) is 0 Å². The number of hydrogen-bond donors (Lipinski definition) is 1. The summed E-state index contributed by atoms with van der Waals surface area (Å²) in [5.41, 5.74) is 1.27. The Hall–Kier alpha value is -1.09. The molecule has 1 unspecified atom stereocenters. The molecule has 1 aromatic heterocycles. The Kier molecular flexibility index (Phi) is 6.31. The largest absolute Gasteiger partial charge is 0.357 e. The number of pyridine rings is 1. The zero-order valence-corrected chi connectivity index (χ0v) is 13.1. The van der Waals surface area contributed by atoms with Crippen LogP contribution >= 0.6 is 0 Å². The predicted octanol–water partition coefficient (Wildman–Crippen LogP) is 3.60. The maximum absolute atomic E-state index is 4.65. The molecule has 112 valence electrons. The SMILES string of the molecule is CCCC1CCCN(c2ccc(CNCC)cn2)CC1. The van der Waals surface area contributed by atoms with Crippen LogP contribution in [0.4, 0.5) is 5.82 Å². The van der Waals surface area contributed by atoms with E-state index >= 15 is 0 Å². The minimum Gasteiger partial charge on any atom is -0.357 e. The molecule has 0 amide bonds. The van der Waals surface area contributed by atoms with E-state index in [1.165, 1.54) is 50.8 Å². The first kappa shape index (κ1) is 15.3. The Morgan fingerprint density at radius 2 is 2.15 bits per heavy atom. The number of anilines is 1. The number of hydrogen-bond acceptors (Lipinski definition) is 3. The van der Waals surface area contributed by atoms with E-state index < -0.39 is 0 Å². The van der Waals surface area contributed by atoms with Crippen molar-refractivity contribution in [1.29, 1.82) is 0 Å². The highest BCUT2D eigenvalue weighted by molar-refractivity contribution is 5.39. The first-order chi connectivity index (χ1) is 9.83. The summed E-state index contributed by atoms with van der Waals surface area (Å²) in [6, 6.07) is 4.40. The first-order valence-electron chi connectivity index (χ1n) is 8.24. The Balaban J connectivity index is 1.90. The van der Waals surface area contributed by atoms with E-state index in [1.807, 2.05) is 6.20 Å². The van der Waals surface area contributed by atoms with Crippen LogP contribution in [0.25, 0.3) is 0 Å². The molecule has 0 spiro atoms. The summed E-state index contributed by atoms with van der Waals surface area (Å²) in [5, 5.41) is 3.34. The summed E-state index contributed by atoms with van der Waals surface area (Å²) in [4.78, 5) is 7.12. The third-order valence-electron chi connectivity index (χ3n) is 4.26. The van der Waals surface area contributed by atoms with Crippen LogP contribution in [0.3, 0.4) is 0 Å². The van der Waals surface area contributed by atoms with Crippen LogP contribution in [0.2, 0.25) is 0 Å². The molecule has 0 saturated carbocycles. The van der Waals surface area contributed by atoms with Crippen molar-refractivity contribution in [3.8, 4) is 0 Å². The molecule has 20 heavy (non-hydrogen) atoms. The molecule has 1 saturated heterocycles. The van der Waals surface area contributed by atoms with Gasteiger partial charge < -0.3 is 10.2 Å². The van der Waals surface area contributed by atoms with Gasteiger partial charge in [-0.15, -0.1) is 0 Å². The average Bonchev–Trinajstić information content (AvgIpc) is 2.72. The lowest BCUT2D eigenvalue weighted by atomic mass is 9.96. The zero-order valence-electron chi connectivity index (χ0n) is 13.1. The minimum absolute atomic E-state index is 0.919. The topological polar surface area (TPSA) is 28.2 Å². The molecule has 1 aliphatic heterocycles. The molecule has 0 aromatic carbocycles. The van der Waals surface area contributed by atoms with Gasteiger partial charge in [-0.1, -0.05) is 32.8 Å². The van der Waals surface area contributed by atoms with Gasteiger partial charge in [-0.3, -0.25) is 0 Å². The number of nitrogens with one attached hydrogen (secondary N) is 1. The van der Waals surface area contributed by atoms with Crippen molar-refractivity contribution in [1.82, 2.24) is 10.3 Å². The second-order valence-electron chi connectivity index (χ2n) is 5.88. The van der Waals surface area contributed by atoms with E-state index in [-0.39, 0.29) is 0 Å². The highest BCUT2D eigenvalue weighted by Gasteiger charge is 2.17. The van der Waals surface area contributed by atoms with Crippen molar-refractivity contribution in [2.24, 2.45) is 5.92 Å². The Labute approximate surface area is 123 Å². The van der Waals surface area contributed by atoms with Gasteiger partial charge in [0.1, 0.15) is 5.82 Å². The van der Waals surface area contributed by atoms with Crippen molar-refractivity contribution < 1.29 is 0 Å². The van der Waals surface area contributed by atoms with Gasteiger partial charge in [-0.25, -0.2) is 4.98 Å². The molecule has 2 rings (SSSR count). The van der Waals surface area contributed by atoms with Crippen molar-refractivity contribution in [2.75, 3.05) is 24.5 Å². The number of aromatic nitrogens is 1. The van der Waals surface area contributed by atoms with Crippen molar-refractivity contribution in [3.05, 3.63) is 23.9 Å². The zero-order chi connectivity index (χ0) is 14.2. The smallest absolute Gasteiger partial charge is 0.128 e. The average molecular weight is 275 g/mol. The van der Waals surface area contributed by atoms with Crippen molar-refractivity contribution in [2.45, 2.75) is 52.5 Å². The van der Waals surface area contributed by atoms with Crippen molar-refractivity contribution >= 4 is 5.82 Å². The van der Waals surface area contributed by atoms with Gasteiger partial charge in [0.05, 0.1) is 0 Å². The Morgan fingerprint density at radius 1 is 1.25 bits per heavy atom. The van der Waals surface area contributed by atoms with Crippen LogP contribution in [0.15, 0.2) is 18.3 Å². The number of nitrogens with zero attached hydrogens (tertiary/aromatic N) is 2. The van der Waals surface area contributed by atoms with Gasteiger partial charge in [-0.2, -0.15) is 0 Å². The van der Waals surface area contributed by atoms with Gasteiger partial charge in [0, 0.05) is 25.8 Å². The second-order valence-corrected chi connectivity index (χ2v) is 5.88. The standard InChI is InChI=1S/C17H29N3/c1-3-6-15-7-5-11-20(12-10-15)17-9-8-16(14-19-17)13-18-4-2/h8-9,14-15,18H,3-7,10-13H2,1-2H3. The van der Waals surface area contributed by atoms with Gasteiger partial charge in [-0.05, 0) is 43.4 Å².